The molecule has 0 aliphatic heterocycles. The summed E-state index contributed by atoms with van der Waals surface area (Å²) in [6, 6.07) is 10.2. The monoisotopic (exact) mass is 292 g/mol. The van der Waals surface area contributed by atoms with Crippen molar-refractivity contribution in [2.45, 2.75) is 0 Å². The van der Waals surface area contributed by atoms with Crippen molar-refractivity contribution < 1.29 is 14.8 Å². The molecule has 2 aromatic carbocycles. The third kappa shape index (κ3) is 2.86. The fraction of sp³-hybridized carbons (Fsp3) is 0. The Labute approximate surface area is 118 Å². The third-order valence-electron chi connectivity index (χ3n) is 2.59. The van der Waals surface area contributed by atoms with Crippen molar-refractivity contribution in [3.05, 3.63) is 63.2 Å². The normalized spacial score (nSPS) is 10.1. The fourth-order valence-electron chi connectivity index (χ4n) is 1.63. The number of aromatic carboxylic acids is 1. The second-order valence-corrected chi connectivity index (χ2v) is 4.31. The molecule has 0 atom stereocenters. The van der Waals surface area contributed by atoms with Gasteiger partial charge in [-0.25, -0.2) is 4.79 Å². The van der Waals surface area contributed by atoms with E-state index in [1.807, 2.05) is 0 Å². The lowest BCUT2D eigenvalue weighted by atomic mass is 10.2. The lowest BCUT2D eigenvalue weighted by molar-refractivity contribution is -0.383. The van der Waals surface area contributed by atoms with Crippen molar-refractivity contribution in [3.63, 3.8) is 0 Å². The summed E-state index contributed by atoms with van der Waals surface area (Å²) in [4.78, 5) is 21.2. The van der Waals surface area contributed by atoms with Gasteiger partial charge in [-0.3, -0.25) is 10.1 Å². The summed E-state index contributed by atoms with van der Waals surface area (Å²) >= 11 is 5.96. The fourth-order valence-corrected chi connectivity index (χ4v) is 1.86. The first-order valence-corrected chi connectivity index (χ1v) is 5.90. The van der Waals surface area contributed by atoms with E-state index in [0.717, 1.165) is 0 Å². The molecule has 0 spiro atoms. The molecule has 0 radical (unpaired) electrons. The van der Waals surface area contributed by atoms with E-state index in [0.29, 0.717) is 5.69 Å². The zero-order valence-electron chi connectivity index (χ0n) is 10.0. The van der Waals surface area contributed by atoms with Crippen LogP contribution in [0.1, 0.15) is 10.4 Å². The van der Waals surface area contributed by atoms with Crippen molar-refractivity contribution in [2.24, 2.45) is 0 Å². The van der Waals surface area contributed by atoms with Crippen molar-refractivity contribution in [3.8, 4) is 0 Å². The molecule has 0 saturated carbocycles. The number of carboxylic acids is 1. The van der Waals surface area contributed by atoms with Crippen LogP contribution in [0.3, 0.4) is 0 Å². The molecular weight excluding hydrogens is 284 g/mol. The van der Waals surface area contributed by atoms with E-state index in [9.17, 15) is 14.9 Å². The molecule has 20 heavy (non-hydrogen) atoms. The summed E-state index contributed by atoms with van der Waals surface area (Å²) in [5, 5.41) is 22.7. The smallest absolute Gasteiger partial charge is 0.335 e. The maximum atomic E-state index is 10.9. The van der Waals surface area contributed by atoms with E-state index in [4.69, 9.17) is 16.7 Å². The Morgan fingerprint density at radius 3 is 2.50 bits per heavy atom. The van der Waals surface area contributed by atoms with Crippen LogP contribution in [-0.4, -0.2) is 16.0 Å². The molecule has 7 heteroatoms. The van der Waals surface area contributed by atoms with Crippen molar-refractivity contribution >= 4 is 34.6 Å². The second-order valence-electron chi connectivity index (χ2n) is 3.90. The molecule has 0 bridgehead atoms. The highest BCUT2D eigenvalue weighted by atomic mass is 35.5. The zero-order chi connectivity index (χ0) is 14.7. The number of carboxylic acid groups (broad SMARTS) is 1. The number of halogens is 1. The summed E-state index contributed by atoms with van der Waals surface area (Å²) in [6.45, 7) is 0. The number of hydrogen-bond donors (Lipinski definition) is 2. The van der Waals surface area contributed by atoms with Crippen LogP contribution in [0.15, 0.2) is 42.5 Å². The van der Waals surface area contributed by atoms with Crippen LogP contribution >= 0.6 is 11.6 Å². The Kier molecular flexibility index (Phi) is 3.86. The summed E-state index contributed by atoms with van der Waals surface area (Å²) in [6.07, 6.45) is 0. The first kappa shape index (κ1) is 13.8. The molecule has 0 saturated heterocycles. The van der Waals surface area contributed by atoms with Gasteiger partial charge in [0.25, 0.3) is 5.69 Å². The molecular formula is C13H9ClN2O4. The summed E-state index contributed by atoms with van der Waals surface area (Å²) in [7, 11) is 0. The molecule has 0 aliphatic rings. The minimum absolute atomic E-state index is 0.0445. The van der Waals surface area contributed by atoms with E-state index in [2.05, 4.69) is 5.32 Å². The first-order chi connectivity index (χ1) is 9.49. The largest absolute Gasteiger partial charge is 0.478 e. The molecule has 0 aromatic heterocycles. The number of anilines is 2. The predicted octanol–water partition coefficient (Wildman–Crippen LogP) is 3.69. The highest BCUT2D eigenvalue weighted by Gasteiger charge is 2.14. The molecule has 0 aliphatic carbocycles. The minimum Gasteiger partial charge on any atom is -0.478 e. The maximum Gasteiger partial charge on any atom is 0.335 e. The Balaban J connectivity index is 2.36. The van der Waals surface area contributed by atoms with E-state index < -0.39 is 10.9 Å². The molecule has 0 fully saturated rings. The van der Waals surface area contributed by atoms with E-state index in [-0.39, 0.29) is 22.0 Å². The number of nitro benzene ring substituents is 1. The number of nitrogens with one attached hydrogen (secondary N) is 1. The minimum atomic E-state index is -1.09. The molecule has 6 nitrogen and oxygen atoms in total. The Hall–Kier alpha value is -2.60. The first-order valence-electron chi connectivity index (χ1n) is 5.52. The molecule has 2 aromatic rings. The van der Waals surface area contributed by atoms with Gasteiger partial charge < -0.3 is 10.4 Å². The Morgan fingerprint density at radius 2 is 1.90 bits per heavy atom. The van der Waals surface area contributed by atoms with Gasteiger partial charge in [-0.15, -0.1) is 0 Å². The molecule has 102 valence electrons. The van der Waals surface area contributed by atoms with Gasteiger partial charge in [-0.2, -0.15) is 0 Å². The maximum absolute atomic E-state index is 10.9. The lowest BCUT2D eigenvalue weighted by Gasteiger charge is -2.09. The van der Waals surface area contributed by atoms with Gasteiger partial charge in [0.05, 0.1) is 21.2 Å². The summed E-state index contributed by atoms with van der Waals surface area (Å²) in [5.41, 5.74) is 0.627. The number of nitro groups is 1. The summed E-state index contributed by atoms with van der Waals surface area (Å²) < 4.78 is 0. The van der Waals surface area contributed by atoms with Crippen LogP contribution in [0, 0.1) is 10.1 Å². The van der Waals surface area contributed by atoms with Gasteiger partial charge in [0, 0.05) is 6.07 Å². The van der Waals surface area contributed by atoms with Gasteiger partial charge in [-0.1, -0.05) is 23.7 Å². The summed E-state index contributed by atoms with van der Waals surface area (Å²) in [5.74, 6) is -1.09. The number of nitrogens with zero attached hydrogens (tertiary/aromatic N) is 1. The second kappa shape index (κ2) is 5.58. The van der Waals surface area contributed by atoms with Crippen LogP contribution in [0.5, 0.6) is 0 Å². The molecule has 0 heterocycles. The number of carbonyl (C=O) groups is 1. The van der Waals surface area contributed by atoms with Gasteiger partial charge >= 0.3 is 5.97 Å². The Bertz CT molecular complexity index is 688. The zero-order valence-corrected chi connectivity index (χ0v) is 10.8. The number of hydrogen-bond acceptors (Lipinski definition) is 4. The number of benzene rings is 2. The quantitative estimate of drug-likeness (QED) is 0.662. The molecule has 0 unspecified atom stereocenters. The molecule has 2 N–H and O–H groups in total. The van der Waals surface area contributed by atoms with Gasteiger partial charge in [-0.05, 0) is 24.3 Å². The number of rotatable bonds is 4. The van der Waals surface area contributed by atoms with E-state index >= 15 is 0 Å². The van der Waals surface area contributed by atoms with Crippen LogP contribution < -0.4 is 5.32 Å². The standard InChI is InChI=1S/C13H9ClN2O4/c14-9-7-8(13(17)18)5-6-10(9)15-11-3-1-2-4-12(11)16(19)20/h1-7,15H,(H,17,18). The lowest BCUT2D eigenvalue weighted by Crippen LogP contribution is -1.99. The van der Waals surface area contributed by atoms with Gasteiger partial charge in [0.15, 0.2) is 0 Å². The van der Waals surface area contributed by atoms with Crippen molar-refractivity contribution in [1.82, 2.24) is 0 Å². The van der Waals surface area contributed by atoms with E-state index in [1.165, 1.54) is 24.3 Å². The predicted molar refractivity (Wildman–Crippen MR) is 74.8 cm³/mol. The third-order valence-corrected chi connectivity index (χ3v) is 2.90. The highest BCUT2D eigenvalue weighted by Crippen LogP contribution is 2.31. The number of para-hydroxylation sites is 2. The average molecular weight is 293 g/mol. The van der Waals surface area contributed by atoms with Crippen LogP contribution in [0.2, 0.25) is 5.02 Å². The highest BCUT2D eigenvalue weighted by molar-refractivity contribution is 6.33. The average Bonchev–Trinajstić information content (AvgIpc) is 2.41. The van der Waals surface area contributed by atoms with Crippen LogP contribution in [0.25, 0.3) is 0 Å². The Morgan fingerprint density at radius 1 is 1.20 bits per heavy atom. The SMILES string of the molecule is O=C(O)c1ccc(Nc2ccccc2[N+](=O)[O-])c(Cl)c1. The van der Waals surface area contributed by atoms with Gasteiger partial charge in [0.2, 0.25) is 0 Å². The van der Waals surface area contributed by atoms with Crippen molar-refractivity contribution in [1.29, 1.82) is 0 Å². The van der Waals surface area contributed by atoms with Crippen LogP contribution in [-0.2, 0) is 0 Å². The molecule has 2 rings (SSSR count). The van der Waals surface area contributed by atoms with Gasteiger partial charge in [0.1, 0.15) is 5.69 Å². The van der Waals surface area contributed by atoms with E-state index in [1.54, 1.807) is 18.2 Å². The molecule has 0 amide bonds. The van der Waals surface area contributed by atoms with Crippen LogP contribution in [0.4, 0.5) is 17.1 Å². The van der Waals surface area contributed by atoms with Crippen molar-refractivity contribution in [2.75, 3.05) is 5.32 Å². The topological polar surface area (TPSA) is 92.5 Å².